The first-order valence-corrected chi connectivity index (χ1v) is 24.8. The summed E-state index contributed by atoms with van der Waals surface area (Å²) in [6, 6.07) is 0. The molecule has 0 aromatic carbocycles. The summed E-state index contributed by atoms with van der Waals surface area (Å²) in [5, 5.41) is 0. The molecule has 0 saturated heterocycles. The molecule has 59 heavy (non-hydrogen) atoms. The lowest BCUT2D eigenvalue weighted by molar-refractivity contribution is -0.870. The molecule has 0 amide bonds. The number of phosphoric acid groups is 1. The second-order valence-corrected chi connectivity index (χ2v) is 17.8. The zero-order valence-corrected chi connectivity index (χ0v) is 39.3. The van der Waals surface area contributed by atoms with Gasteiger partial charge in [0.25, 0.3) is 7.82 Å². The summed E-state index contributed by atoms with van der Waals surface area (Å²) in [4.78, 5) is 25.1. The summed E-state index contributed by atoms with van der Waals surface area (Å²) in [6.45, 7) is 5.18. The number of rotatable bonds is 42. The third-order valence-corrected chi connectivity index (χ3v) is 10.4. The van der Waals surface area contributed by atoms with Crippen molar-refractivity contribution in [2.45, 2.75) is 174 Å². The van der Waals surface area contributed by atoms with Crippen molar-refractivity contribution in [1.82, 2.24) is 0 Å². The van der Waals surface area contributed by atoms with Gasteiger partial charge in [-0.2, -0.15) is 0 Å². The molecule has 0 saturated carbocycles. The van der Waals surface area contributed by atoms with Gasteiger partial charge in [0.1, 0.15) is 19.3 Å². The van der Waals surface area contributed by atoms with Crippen LogP contribution >= 0.6 is 7.82 Å². The van der Waals surface area contributed by atoms with E-state index in [2.05, 4.69) is 98.9 Å². The molecule has 0 spiro atoms. The Kier molecular flexibility index (Phi) is 40.7. The van der Waals surface area contributed by atoms with E-state index in [1.165, 1.54) is 44.9 Å². The molecule has 9 heteroatoms. The van der Waals surface area contributed by atoms with E-state index in [1.54, 1.807) is 0 Å². The maximum atomic E-state index is 12.7. The molecule has 0 aromatic heterocycles. The fourth-order valence-electron chi connectivity index (χ4n) is 5.84. The van der Waals surface area contributed by atoms with Crippen LogP contribution < -0.4 is 4.89 Å². The van der Waals surface area contributed by atoms with Gasteiger partial charge in [-0.25, -0.2) is 0 Å². The number of carbonyl (C=O) groups is 1. The number of unbranched alkanes of at least 4 members (excludes halogenated alkanes) is 14. The quantitative estimate of drug-likeness (QED) is 0.0199. The number of hydrogen-bond donors (Lipinski definition) is 0. The Hall–Kier alpha value is -2.32. The zero-order valence-electron chi connectivity index (χ0n) is 38.4. The van der Waals surface area contributed by atoms with Crippen molar-refractivity contribution in [3.8, 4) is 0 Å². The standard InChI is InChI=1S/C50H88NO7P/c1-6-8-10-12-14-16-18-20-22-23-24-25-26-27-28-29-30-31-33-35-37-39-41-43-50(52)58-49(48-57-59(53,54)56-46-44-51(3,4)5)47-55-45-42-40-38-36-34-32-21-19-17-15-13-11-9-7-2/h8,10-11,13-14,16-17,19-20,22,24-25,27-28,49H,6-7,9,12,15,18,21,23,26,29-48H2,1-5H3/b10-8-,13-11-,16-14-,19-17-,22-20-,25-24-,28-27-. The van der Waals surface area contributed by atoms with Crippen LogP contribution in [0.2, 0.25) is 0 Å². The summed E-state index contributed by atoms with van der Waals surface area (Å²) >= 11 is 0. The first-order valence-electron chi connectivity index (χ1n) is 23.3. The number of allylic oxidation sites excluding steroid dienone is 14. The molecule has 2 unspecified atom stereocenters. The normalized spacial score (nSPS) is 14.5. The van der Waals surface area contributed by atoms with Gasteiger partial charge in [0.05, 0.1) is 34.4 Å². The van der Waals surface area contributed by atoms with E-state index in [-0.39, 0.29) is 25.8 Å². The molecule has 0 aliphatic carbocycles. The Bertz CT molecular complexity index is 1210. The molecule has 0 radical (unpaired) electrons. The SMILES string of the molecule is CC/C=C\C/C=C\C/C=C\C/C=C\C/C=C\CCCCCCCCCC(=O)OC(COCCCCCCCC/C=C\C/C=C\CCC)COP(=O)([O-])OCC[N+](C)(C)C. The van der Waals surface area contributed by atoms with Crippen LogP contribution in [0.5, 0.6) is 0 Å². The van der Waals surface area contributed by atoms with Crippen molar-refractivity contribution in [2.24, 2.45) is 0 Å². The van der Waals surface area contributed by atoms with Crippen LogP contribution in [0.3, 0.4) is 0 Å². The molecule has 0 aliphatic rings. The average molecular weight is 846 g/mol. The molecule has 0 aliphatic heterocycles. The number of phosphoric ester groups is 1. The smallest absolute Gasteiger partial charge is 0.306 e. The molecule has 0 rings (SSSR count). The lowest BCUT2D eigenvalue weighted by Gasteiger charge is -2.28. The van der Waals surface area contributed by atoms with E-state index in [4.69, 9.17) is 18.5 Å². The van der Waals surface area contributed by atoms with Crippen LogP contribution in [0.15, 0.2) is 85.1 Å². The van der Waals surface area contributed by atoms with Gasteiger partial charge in [0.2, 0.25) is 0 Å². The molecular weight excluding hydrogens is 758 g/mol. The topological polar surface area (TPSA) is 94.1 Å². The summed E-state index contributed by atoms with van der Waals surface area (Å²) in [5.74, 6) is -0.353. The van der Waals surface area contributed by atoms with E-state index in [1.807, 2.05) is 21.1 Å². The van der Waals surface area contributed by atoms with Crippen LogP contribution in [0.25, 0.3) is 0 Å². The van der Waals surface area contributed by atoms with E-state index in [9.17, 15) is 14.3 Å². The summed E-state index contributed by atoms with van der Waals surface area (Å²) in [7, 11) is 1.33. The van der Waals surface area contributed by atoms with Gasteiger partial charge >= 0.3 is 5.97 Å². The van der Waals surface area contributed by atoms with Gasteiger partial charge in [0, 0.05) is 13.0 Å². The van der Waals surface area contributed by atoms with Crippen LogP contribution in [0, 0.1) is 0 Å². The van der Waals surface area contributed by atoms with Crippen molar-refractivity contribution in [3.05, 3.63) is 85.1 Å². The minimum Gasteiger partial charge on any atom is -0.756 e. The third kappa shape index (κ3) is 46.6. The largest absolute Gasteiger partial charge is 0.756 e. The molecule has 0 bridgehead atoms. The molecule has 8 nitrogen and oxygen atoms in total. The second kappa shape index (κ2) is 42.4. The highest BCUT2D eigenvalue weighted by Gasteiger charge is 2.20. The zero-order chi connectivity index (χ0) is 43.4. The van der Waals surface area contributed by atoms with Gasteiger partial charge < -0.3 is 27.9 Å². The maximum absolute atomic E-state index is 12.7. The van der Waals surface area contributed by atoms with Gasteiger partial charge in [-0.3, -0.25) is 9.36 Å². The number of quaternary nitrogens is 1. The van der Waals surface area contributed by atoms with Gasteiger partial charge in [-0.05, 0) is 83.5 Å². The van der Waals surface area contributed by atoms with Crippen LogP contribution in [-0.2, 0) is 27.9 Å². The fourth-order valence-corrected chi connectivity index (χ4v) is 6.57. The van der Waals surface area contributed by atoms with Gasteiger partial charge in [-0.15, -0.1) is 0 Å². The predicted octanol–water partition coefficient (Wildman–Crippen LogP) is 13.4. The van der Waals surface area contributed by atoms with Crippen molar-refractivity contribution >= 4 is 13.8 Å². The summed E-state index contributed by atoms with van der Waals surface area (Å²) < 4.78 is 34.6. The van der Waals surface area contributed by atoms with Gasteiger partial charge in [-0.1, -0.05) is 163 Å². The molecule has 2 atom stereocenters. The van der Waals surface area contributed by atoms with E-state index < -0.39 is 13.9 Å². The van der Waals surface area contributed by atoms with Crippen LogP contribution in [-0.4, -0.2) is 70.7 Å². The Morgan fingerprint density at radius 1 is 0.542 bits per heavy atom. The number of likely N-dealkylation sites (N-methyl/N-ethyl adjacent to an activating group) is 1. The number of hydrogen-bond acceptors (Lipinski definition) is 7. The van der Waals surface area contributed by atoms with Gasteiger partial charge in [0.15, 0.2) is 0 Å². The van der Waals surface area contributed by atoms with Crippen molar-refractivity contribution in [2.75, 3.05) is 54.1 Å². The molecule has 0 heterocycles. The number of ether oxygens (including phenoxy) is 2. The highest BCUT2D eigenvalue weighted by molar-refractivity contribution is 7.45. The molecular formula is C50H88NO7P. The first kappa shape index (κ1) is 56.7. The monoisotopic (exact) mass is 846 g/mol. The number of nitrogens with zero attached hydrogens (tertiary/aromatic N) is 1. The van der Waals surface area contributed by atoms with E-state index in [0.29, 0.717) is 24.1 Å². The molecule has 340 valence electrons. The highest BCUT2D eigenvalue weighted by Crippen LogP contribution is 2.38. The van der Waals surface area contributed by atoms with E-state index in [0.717, 1.165) is 103 Å². The Morgan fingerprint density at radius 3 is 1.47 bits per heavy atom. The minimum absolute atomic E-state index is 0.0168. The van der Waals surface area contributed by atoms with Crippen molar-refractivity contribution < 1.29 is 37.3 Å². The second-order valence-electron chi connectivity index (χ2n) is 16.4. The minimum atomic E-state index is -4.54. The van der Waals surface area contributed by atoms with Crippen LogP contribution in [0.1, 0.15) is 168 Å². The number of esters is 1. The Morgan fingerprint density at radius 2 is 0.983 bits per heavy atom. The third-order valence-electron chi connectivity index (χ3n) is 9.41. The van der Waals surface area contributed by atoms with Crippen molar-refractivity contribution in [1.29, 1.82) is 0 Å². The summed E-state index contributed by atoms with van der Waals surface area (Å²) in [5.41, 5.74) is 0. The lowest BCUT2D eigenvalue weighted by atomic mass is 10.1. The summed E-state index contributed by atoms with van der Waals surface area (Å²) in [6.07, 6.45) is 55.9. The maximum Gasteiger partial charge on any atom is 0.306 e. The fraction of sp³-hybridized carbons (Fsp3) is 0.700. The average Bonchev–Trinajstić information content (AvgIpc) is 3.19. The molecule has 0 N–H and O–H groups in total. The molecule has 0 fully saturated rings. The van der Waals surface area contributed by atoms with Crippen molar-refractivity contribution in [3.63, 3.8) is 0 Å². The Balaban J connectivity index is 4.23. The first-order chi connectivity index (χ1) is 28.6. The van der Waals surface area contributed by atoms with E-state index >= 15 is 0 Å². The van der Waals surface area contributed by atoms with Crippen LogP contribution in [0.4, 0.5) is 0 Å². The lowest BCUT2D eigenvalue weighted by Crippen LogP contribution is -2.37. The highest BCUT2D eigenvalue weighted by atomic mass is 31.2. The predicted molar refractivity (Wildman–Crippen MR) is 249 cm³/mol. The molecule has 0 aromatic rings. The number of carbonyl (C=O) groups excluding carboxylic acids is 1. The Labute approximate surface area is 363 Å².